The second kappa shape index (κ2) is 12.5. The lowest BCUT2D eigenvalue weighted by molar-refractivity contribution is 1.33. The zero-order valence-electron chi connectivity index (χ0n) is 26.6. The Balaban J connectivity index is 1.22. The Morgan fingerprint density at radius 2 is 0.735 bits per heavy atom. The van der Waals surface area contributed by atoms with E-state index in [1.54, 1.807) is 0 Å². The molecule has 0 amide bonds. The third-order valence-corrected chi connectivity index (χ3v) is 10.6. The quantitative estimate of drug-likeness (QED) is 0.180. The first-order chi connectivity index (χ1) is 24.3. The molecule has 0 unspecified atom stereocenters. The van der Waals surface area contributed by atoms with E-state index in [1.165, 1.54) is 81.4 Å². The molecular formula is C46H30N2S. The maximum absolute atomic E-state index is 4.20. The molecule has 9 rings (SSSR count). The van der Waals surface area contributed by atoms with Gasteiger partial charge in [0.05, 0.1) is 0 Å². The van der Waals surface area contributed by atoms with Crippen molar-refractivity contribution in [1.82, 2.24) is 9.97 Å². The molecule has 230 valence electrons. The van der Waals surface area contributed by atoms with Gasteiger partial charge in [0, 0.05) is 50.5 Å². The molecule has 0 aliphatic carbocycles. The van der Waals surface area contributed by atoms with Gasteiger partial charge in [-0.2, -0.15) is 0 Å². The van der Waals surface area contributed by atoms with Gasteiger partial charge in [-0.15, -0.1) is 11.3 Å². The topological polar surface area (TPSA) is 25.8 Å². The minimum atomic E-state index is 1.16. The predicted molar refractivity (Wildman–Crippen MR) is 208 cm³/mol. The first-order valence-corrected chi connectivity index (χ1v) is 17.3. The summed E-state index contributed by atoms with van der Waals surface area (Å²) in [7, 11) is 0. The highest BCUT2D eigenvalue weighted by Crippen LogP contribution is 2.46. The summed E-state index contributed by atoms with van der Waals surface area (Å²) in [6.07, 6.45) is 7.38. The van der Waals surface area contributed by atoms with Gasteiger partial charge in [0.15, 0.2) is 0 Å². The van der Waals surface area contributed by atoms with Crippen LogP contribution in [0.1, 0.15) is 0 Å². The van der Waals surface area contributed by atoms with E-state index in [0.29, 0.717) is 0 Å². The molecule has 0 saturated heterocycles. The number of aromatic nitrogens is 2. The van der Waals surface area contributed by atoms with Gasteiger partial charge < -0.3 is 0 Å². The number of rotatable bonds is 6. The van der Waals surface area contributed by atoms with Crippen LogP contribution in [0.2, 0.25) is 0 Å². The Morgan fingerprint density at radius 3 is 1.33 bits per heavy atom. The van der Waals surface area contributed by atoms with Crippen LogP contribution < -0.4 is 0 Å². The highest BCUT2D eigenvalue weighted by Gasteiger charge is 2.17. The number of hydrogen-bond acceptors (Lipinski definition) is 3. The second-order valence-corrected chi connectivity index (χ2v) is 13.2. The van der Waals surface area contributed by atoms with Crippen molar-refractivity contribution in [2.45, 2.75) is 0 Å². The molecule has 49 heavy (non-hydrogen) atoms. The van der Waals surface area contributed by atoms with Crippen LogP contribution in [0, 0.1) is 0 Å². The summed E-state index contributed by atoms with van der Waals surface area (Å²) in [4.78, 5) is 8.38. The average Bonchev–Trinajstić information content (AvgIpc) is 3.58. The normalized spacial score (nSPS) is 11.3. The van der Waals surface area contributed by atoms with Gasteiger partial charge in [-0.3, -0.25) is 9.97 Å². The fraction of sp³-hybridized carbons (Fsp3) is 0. The molecule has 3 heteroatoms. The zero-order chi connectivity index (χ0) is 32.6. The lowest BCUT2D eigenvalue weighted by atomic mass is 9.89. The van der Waals surface area contributed by atoms with Crippen molar-refractivity contribution in [1.29, 1.82) is 0 Å². The van der Waals surface area contributed by atoms with Crippen LogP contribution in [0.3, 0.4) is 0 Å². The molecule has 0 fully saturated rings. The second-order valence-electron chi connectivity index (χ2n) is 12.2. The number of fused-ring (bicyclic) bond motifs is 3. The first-order valence-electron chi connectivity index (χ1n) is 16.5. The number of pyridine rings is 2. The molecule has 0 aliphatic rings. The summed E-state index contributed by atoms with van der Waals surface area (Å²) >= 11 is 1.90. The number of thiophene rings is 1. The average molecular weight is 643 g/mol. The minimum absolute atomic E-state index is 1.16. The highest BCUT2D eigenvalue weighted by molar-refractivity contribution is 7.26. The van der Waals surface area contributed by atoms with Crippen LogP contribution in [-0.4, -0.2) is 9.97 Å². The number of hydrogen-bond donors (Lipinski definition) is 0. The zero-order valence-corrected chi connectivity index (χ0v) is 27.4. The lowest BCUT2D eigenvalue weighted by Crippen LogP contribution is -1.89. The lowest BCUT2D eigenvalue weighted by Gasteiger charge is -2.15. The third-order valence-electron chi connectivity index (χ3n) is 9.36. The number of benzene rings is 6. The molecule has 6 aromatic carbocycles. The van der Waals surface area contributed by atoms with E-state index in [9.17, 15) is 0 Å². The van der Waals surface area contributed by atoms with Gasteiger partial charge in [-0.25, -0.2) is 0 Å². The molecule has 0 N–H and O–H groups in total. The fourth-order valence-corrected chi connectivity index (χ4v) is 8.23. The fourth-order valence-electron chi connectivity index (χ4n) is 6.86. The van der Waals surface area contributed by atoms with Crippen molar-refractivity contribution < 1.29 is 0 Å². The molecular weight excluding hydrogens is 613 g/mol. The van der Waals surface area contributed by atoms with Gasteiger partial charge in [0.1, 0.15) is 0 Å². The molecule has 3 aromatic heterocycles. The SMILES string of the molecule is c1ccc(-c2cccc3c2sc2c(-c4cc(-c5ccc(-c6ccncc6)cc5)ccc4-c4ccc(-c5ccncc5)cc4)cccc23)cc1. The van der Waals surface area contributed by atoms with E-state index in [-0.39, 0.29) is 0 Å². The first kappa shape index (κ1) is 29.0. The Bertz CT molecular complexity index is 2560. The third kappa shape index (κ3) is 5.41. The monoisotopic (exact) mass is 642 g/mol. The van der Waals surface area contributed by atoms with Crippen LogP contribution in [-0.2, 0) is 0 Å². The molecule has 0 aliphatic heterocycles. The van der Waals surface area contributed by atoms with Crippen molar-refractivity contribution in [3.8, 4) is 66.8 Å². The van der Waals surface area contributed by atoms with Gasteiger partial charge in [-0.05, 0) is 91.5 Å². The summed E-state index contributed by atoms with van der Waals surface area (Å²) in [5, 5.41) is 2.59. The summed E-state index contributed by atoms with van der Waals surface area (Å²) in [5.41, 5.74) is 14.5. The van der Waals surface area contributed by atoms with Crippen molar-refractivity contribution in [2.75, 3.05) is 0 Å². The maximum Gasteiger partial charge on any atom is 0.0434 e. The standard InChI is InChI=1S/C46H30N2S/c1-2-6-36(7-3-1)40-8-4-9-41-42-10-5-11-43(46(42)49-45(40)41)44-30-38(33-14-12-31(13-15-33)34-22-26-47-27-23-34)20-21-39(44)37-18-16-32(17-19-37)35-24-28-48-29-25-35/h1-30H. The minimum Gasteiger partial charge on any atom is -0.265 e. The Kier molecular flexibility index (Phi) is 7.38. The molecule has 0 spiro atoms. The smallest absolute Gasteiger partial charge is 0.0434 e. The van der Waals surface area contributed by atoms with Crippen molar-refractivity contribution in [2.24, 2.45) is 0 Å². The van der Waals surface area contributed by atoms with Crippen molar-refractivity contribution in [3.63, 3.8) is 0 Å². The van der Waals surface area contributed by atoms with Gasteiger partial charge >= 0.3 is 0 Å². The molecule has 0 saturated carbocycles. The van der Waals surface area contributed by atoms with Crippen molar-refractivity contribution >= 4 is 31.5 Å². The Morgan fingerprint density at radius 1 is 0.286 bits per heavy atom. The molecule has 0 atom stereocenters. The Labute approximate surface area is 289 Å². The van der Waals surface area contributed by atoms with Crippen LogP contribution in [0.5, 0.6) is 0 Å². The number of nitrogens with zero attached hydrogens (tertiary/aromatic N) is 2. The maximum atomic E-state index is 4.20. The van der Waals surface area contributed by atoms with E-state index in [4.69, 9.17) is 0 Å². The van der Waals surface area contributed by atoms with E-state index in [0.717, 1.165) is 5.56 Å². The van der Waals surface area contributed by atoms with Crippen LogP contribution in [0.25, 0.3) is 86.9 Å². The molecule has 9 aromatic rings. The summed E-state index contributed by atoms with van der Waals surface area (Å²) < 4.78 is 2.63. The van der Waals surface area contributed by atoms with Gasteiger partial charge in [0.25, 0.3) is 0 Å². The molecule has 3 heterocycles. The van der Waals surface area contributed by atoms with Gasteiger partial charge in [0.2, 0.25) is 0 Å². The molecule has 0 radical (unpaired) electrons. The molecule has 2 nitrogen and oxygen atoms in total. The van der Waals surface area contributed by atoms with E-state index >= 15 is 0 Å². The van der Waals surface area contributed by atoms with E-state index in [2.05, 4.69) is 168 Å². The van der Waals surface area contributed by atoms with Crippen molar-refractivity contribution in [3.05, 3.63) is 183 Å². The largest absolute Gasteiger partial charge is 0.265 e. The van der Waals surface area contributed by atoms with Gasteiger partial charge in [-0.1, -0.05) is 127 Å². The van der Waals surface area contributed by atoms with E-state index < -0.39 is 0 Å². The Hall–Kier alpha value is -6.16. The van der Waals surface area contributed by atoms with Crippen LogP contribution in [0.15, 0.2) is 183 Å². The van der Waals surface area contributed by atoms with Crippen LogP contribution >= 0.6 is 11.3 Å². The highest BCUT2D eigenvalue weighted by atomic mass is 32.1. The summed E-state index contributed by atoms with van der Waals surface area (Å²) in [6.45, 7) is 0. The predicted octanol–water partition coefficient (Wildman–Crippen LogP) is 12.8. The summed E-state index contributed by atoms with van der Waals surface area (Å²) in [6, 6.07) is 57.2. The summed E-state index contributed by atoms with van der Waals surface area (Å²) in [5.74, 6) is 0. The van der Waals surface area contributed by atoms with Crippen LogP contribution in [0.4, 0.5) is 0 Å². The van der Waals surface area contributed by atoms with E-state index in [1.807, 2.05) is 36.1 Å². The molecule has 0 bridgehead atoms.